The number of aromatic carboxylic acids is 1. The van der Waals surface area contributed by atoms with E-state index in [1.807, 2.05) is 30.3 Å². The highest BCUT2D eigenvalue weighted by molar-refractivity contribution is 5.94. The minimum Gasteiger partial charge on any atom is -0.476 e. The van der Waals surface area contributed by atoms with Crippen molar-refractivity contribution in [2.24, 2.45) is 0 Å². The predicted octanol–water partition coefficient (Wildman–Crippen LogP) is 2.09. The highest BCUT2D eigenvalue weighted by Gasteiger charge is 2.17. The van der Waals surface area contributed by atoms with Crippen LogP contribution in [0.4, 0.5) is 0 Å². The number of carboxylic acid groups (broad SMARTS) is 1. The van der Waals surface area contributed by atoms with E-state index < -0.39 is 5.97 Å². The minimum atomic E-state index is -1.05. The summed E-state index contributed by atoms with van der Waals surface area (Å²) in [7, 11) is 0. The minimum absolute atomic E-state index is 0.0157. The highest BCUT2D eigenvalue weighted by Crippen LogP contribution is 2.21. The van der Waals surface area contributed by atoms with E-state index in [-0.39, 0.29) is 5.69 Å². The summed E-state index contributed by atoms with van der Waals surface area (Å²) >= 11 is 0. The van der Waals surface area contributed by atoms with Crippen LogP contribution in [0.25, 0.3) is 16.9 Å². The summed E-state index contributed by atoms with van der Waals surface area (Å²) in [6, 6.07) is 12.8. The smallest absolute Gasteiger partial charge is 0.356 e. The van der Waals surface area contributed by atoms with Gasteiger partial charge in [0.2, 0.25) is 0 Å². The maximum absolute atomic E-state index is 11.2. The van der Waals surface area contributed by atoms with E-state index in [0.717, 1.165) is 5.56 Å². The van der Waals surface area contributed by atoms with Gasteiger partial charge in [-0.25, -0.2) is 14.3 Å². The maximum atomic E-state index is 11.2. The average molecular weight is 239 g/mol. The number of nitrogens with zero attached hydrogens (tertiary/aromatic N) is 3. The lowest BCUT2D eigenvalue weighted by atomic mass is 10.2. The Morgan fingerprint density at radius 1 is 1.11 bits per heavy atom. The van der Waals surface area contributed by atoms with Gasteiger partial charge in [0.05, 0.1) is 0 Å². The largest absolute Gasteiger partial charge is 0.476 e. The molecular formula is C13H9N3O2. The molecule has 88 valence electrons. The van der Waals surface area contributed by atoms with Crippen LogP contribution in [0.1, 0.15) is 10.5 Å². The number of aromatic nitrogens is 3. The number of rotatable bonds is 2. The van der Waals surface area contributed by atoms with Crippen LogP contribution >= 0.6 is 0 Å². The van der Waals surface area contributed by atoms with Gasteiger partial charge in [-0.3, -0.25) is 0 Å². The molecule has 0 saturated heterocycles. The van der Waals surface area contributed by atoms with Gasteiger partial charge in [0.1, 0.15) is 5.52 Å². The molecule has 0 bridgehead atoms. The fourth-order valence-electron chi connectivity index (χ4n) is 1.86. The second-order valence-electron chi connectivity index (χ2n) is 3.78. The van der Waals surface area contributed by atoms with Gasteiger partial charge in [0.15, 0.2) is 11.5 Å². The Hall–Kier alpha value is -2.69. The summed E-state index contributed by atoms with van der Waals surface area (Å²) in [6.07, 6.45) is 1.60. The Bertz CT molecular complexity index is 719. The Kier molecular flexibility index (Phi) is 2.30. The zero-order chi connectivity index (χ0) is 12.5. The van der Waals surface area contributed by atoms with E-state index in [2.05, 4.69) is 10.1 Å². The third kappa shape index (κ3) is 1.53. The molecule has 0 saturated carbocycles. The number of imidazole rings is 1. The molecule has 0 aliphatic carbocycles. The van der Waals surface area contributed by atoms with Crippen molar-refractivity contribution in [1.82, 2.24) is 14.6 Å². The first-order valence-electron chi connectivity index (χ1n) is 5.40. The van der Waals surface area contributed by atoms with Crippen LogP contribution in [0.15, 0.2) is 48.7 Å². The molecule has 3 rings (SSSR count). The molecule has 18 heavy (non-hydrogen) atoms. The van der Waals surface area contributed by atoms with Crippen LogP contribution in [-0.2, 0) is 0 Å². The standard InChI is InChI=1S/C13H9N3O2/c17-13(18)11-10-7-4-8-14-16(10)12(15-11)9-5-2-1-3-6-9/h1-8H,(H,17,18). The number of carbonyl (C=O) groups is 1. The molecule has 3 aromatic rings. The van der Waals surface area contributed by atoms with Crippen molar-refractivity contribution in [3.63, 3.8) is 0 Å². The molecule has 0 amide bonds. The van der Waals surface area contributed by atoms with Gasteiger partial charge in [0.25, 0.3) is 0 Å². The van der Waals surface area contributed by atoms with E-state index >= 15 is 0 Å². The van der Waals surface area contributed by atoms with Gasteiger partial charge in [-0.2, -0.15) is 5.10 Å². The quantitative estimate of drug-likeness (QED) is 0.743. The molecule has 2 aromatic heterocycles. The summed E-state index contributed by atoms with van der Waals surface area (Å²) < 4.78 is 1.54. The lowest BCUT2D eigenvalue weighted by molar-refractivity contribution is 0.0693. The molecule has 0 unspecified atom stereocenters. The summed E-state index contributed by atoms with van der Waals surface area (Å²) in [4.78, 5) is 15.3. The number of fused-ring (bicyclic) bond motifs is 1. The average Bonchev–Trinajstić information content (AvgIpc) is 2.79. The molecule has 0 fully saturated rings. The molecule has 1 N–H and O–H groups in total. The summed E-state index contributed by atoms with van der Waals surface area (Å²) in [6.45, 7) is 0. The van der Waals surface area contributed by atoms with Crippen LogP contribution < -0.4 is 0 Å². The van der Waals surface area contributed by atoms with Gasteiger partial charge in [-0.1, -0.05) is 30.3 Å². The van der Waals surface area contributed by atoms with E-state index in [1.54, 1.807) is 22.8 Å². The van der Waals surface area contributed by atoms with Crippen LogP contribution in [0.3, 0.4) is 0 Å². The third-order valence-corrected chi connectivity index (χ3v) is 2.65. The topological polar surface area (TPSA) is 67.5 Å². The normalized spacial score (nSPS) is 10.7. The second kappa shape index (κ2) is 3.96. The van der Waals surface area contributed by atoms with Gasteiger partial charge < -0.3 is 5.11 Å². The van der Waals surface area contributed by atoms with Crippen molar-refractivity contribution in [3.8, 4) is 11.4 Å². The Morgan fingerprint density at radius 3 is 2.61 bits per heavy atom. The SMILES string of the molecule is O=C(O)c1nc(-c2ccccc2)n2ncccc12. The first-order chi connectivity index (χ1) is 8.77. The monoisotopic (exact) mass is 239 g/mol. The Balaban J connectivity index is 2.34. The van der Waals surface area contributed by atoms with Crippen LogP contribution in [0.2, 0.25) is 0 Å². The van der Waals surface area contributed by atoms with Crippen LogP contribution in [-0.4, -0.2) is 25.7 Å². The van der Waals surface area contributed by atoms with Crippen molar-refractivity contribution < 1.29 is 9.90 Å². The molecule has 1 aromatic carbocycles. The van der Waals surface area contributed by atoms with Gasteiger partial charge in [0, 0.05) is 11.8 Å². The second-order valence-corrected chi connectivity index (χ2v) is 3.78. The number of hydrogen-bond donors (Lipinski definition) is 1. The van der Waals surface area contributed by atoms with Crippen LogP contribution in [0.5, 0.6) is 0 Å². The molecule has 5 heteroatoms. The fourth-order valence-corrected chi connectivity index (χ4v) is 1.86. The lowest BCUT2D eigenvalue weighted by Gasteiger charge is -1.98. The molecule has 0 aliphatic rings. The molecule has 0 aliphatic heterocycles. The summed E-state index contributed by atoms with van der Waals surface area (Å²) in [5.74, 6) is -0.522. The molecule has 0 spiro atoms. The highest BCUT2D eigenvalue weighted by atomic mass is 16.4. The number of benzene rings is 1. The first-order valence-corrected chi connectivity index (χ1v) is 5.40. The predicted molar refractivity (Wildman–Crippen MR) is 65.4 cm³/mol. The van der Waals surface area contributed by atoms with E-state index in [4.69, 9.17) is 5.11 Å². The van der Waals surface area contributed by atoms with Gasteiger partial charge in [-0.05, 0) is 12.1 Å². The van der Waals surface area contributed by atoms with Crippen molar-refractivity contribution >= 4 is 11.5 Å². The number of hydrogen-bond acceptors (Lipinski definition) is 3. The lowest BCUT2D eigenvalue weighted by Crippen LogP contribution is -1.97. The van der Waals surface area contributed by atoms with Crippen molar-refractivity contribution in [2.45, 2.75) is 0 Å². The zero-order valence-electron chi connectivity index (χ0n) is 9.32. The molecular weight excluding hydrogens is 230 g/mol. The Labute approximate surface area is 102 Å². The van der Waals surface area contributed by atoms with Gasteiger partial charge >= 0.3 is 5.97 Å². The first kappa shape index (κ1) is 10.5. The van der Waals surface area contributed by atoms with Crippen molar-refractivity contribution in [2.75, 3.05) is 0 Å². The van der Waals surface area contributed by atoms with Crippen molar-refractivity contribution in [3.05, 3.63) is 54.4 Å². The number of carboxylic acids is 1. The summed E-state index contributed by atoms with van der Waals surface area (Å²) in [5.41, 5.74) is 1.34. The van der Waals surface area contributed by atoms with Gasteiger partial charge in [-0.15, -0.1) is 0 Å². The molecule has 5 nitrogen and oxygen atoms in total. The van der Waals surface area contributed by atoms with E-state index in [9.17, 15) is 4.79 Å². The van der Waals surface area contributed by atoms with Crippen molar-refractivity contribution in [1.29, 1.82) is 0 Å². The Morgan fingerprint density at radius 2 is 1.89 bits per heavy atom. The molecule has 2 heterocycles. The fraction of sp³-hybridized carbons (Fsp3) is 0. The summed E-state index contributed by atoms with van der Waals surface area (Å²) in [5, 5.41) is 13.3. The van der Waals surface area contributed by atoms with E-state index in [1.165, 1.54) is 0 Å². The van der Waals surface area contributed by atoms with E-state index in [0.29, 0.717) is 11.3 Å². The molecule has 0 atom stereocenters. The zero-order valence-corrected chi connectivity index (χ0v) is 9.32. The maximum Gasteiger partial charge on any atom is 0.356 e. The third-order valence-electron chi connectivity index (χ3n) is 2.65. The molecule has 0 radical (unpaired) electrons. The van der Waals surface area contributed by atoms with Crippen LogP contribution in [0, 0.1) is 0 Å².